The Bertz CT molecular complexity index is 451. The third-order valence-corrected chi connectivity index (χ3v) is 5.54. The van der Waals surface area contributed by atoms with Gasteiger partial charge in [0.05, 0.1) is 11.7 Å². The van der Waals surface area contributed by atoms with Gasteiger partial charge in [0.25, 0.3) is 0 Å². The lowest BCUT2D eigenvalue weighted by molar-refractivity contribution is -0.145. The fraction of sp³-hybridized carbons (Fsp3) is 0.846. The Hall–Kier alpha value is -1.11. The zero-order chi connectivity index (χ0) is 15.3. The molecule has 1 atom stereocenters. The highest BCUT2D eigenvalue weighted by Crippen LogP contribution is 2.18. The summed E-state index contributed by atoms with van der Waals surface area (Å²) >= 11 is 0. The molecule has 1 aliphatic heterocycles. The van der Waals surface area contributed by atoms with E-state index in [0.717, 1.165) is 6.42 Å². The SMILES string of the molecule is CCC(C)CS(=O)(=O)CC(=O)N1CCC(C(=O)O)CC1. The summed E-state index contributed by atoms with van der Waals surface area (Å²) < 4.78 is 23.8. The fourth-order valence-corrected chi connectivity index (χ4v) is 4.04. The third-order valence-electron chi connectivity index (χ3n) is 3.78. The zero-order valence-corrected chi connectivity index (χ0v) is 12.9. The Morgan fingerprint density at radius 2 is 1.85 bits per heavy atom. The number of carboxylic acids is 1. The predicted molar refractivity (Wildman–Crippen MR) is 75.0 cm³/mol. The molecule has 0 radical (unpaired) electrons. The molecule has 1 rings (SSSR count). The second kappa shape index (κ2) is 7.06. The molecule has 0 saturated carbocycles. The minimum atomic E-state index is -3.38. The first kappa shape index (κ1) is 16.9. The van der Waals surface area contributed by atoms with Crippen LogP contribution in [0, 0.1) is 11.8 Å². The number of piperidine rings is 1. The van der Waals surface area contributed by atoms with Gasteiger partial charge < -0.3 is 10.0 Å². The largest absolute Gasteiger partial charge is 0.481 e. The van der Waals surface area contributed by atoms with Gasteiger partial charge in [0.15, 0.2) is 9.84 Å². The lowest BCUT2D eigenvalue weighted by Crippen LogP contribution is -2.43. The molecule has 1 unspecified atom stereocenters. The Morgan fingerprint density at radius 1 is 1.30 bits per heavy atom. The van der Waals surface area contributed by atoms with E-state index >= 15 is 0 Å². The number of carboxylic acid groups (broad SMARTS) is 1. The summed E-state index contributed by atoms with van der Waals surface area (Å²) in [5.41, 5.74) is 0. The van der Waals surface area contributed by atoms with Crippen molar-refractivity contribution in [2.45, 2.75) is 33.1 Å². The molecule has 0 spiro atoms. The van der Waals surface area contributed by atoms with E-state index < -0.39 is 33.4 Å². The Labute approximate surface area is 120 Å². The predicted octanol–water partition coefficient (Wildman–Crippen LogP) is 0.770. The molecule has 7 heteroatoms. The maximum atomic E-state index is 12.0. The minimum Gasteiger partial charge on any atom is -0.481 e. The smallest absolute Gasteiger partial charge is 0.306 e. The van der Waals surface area contributed by atoms with E-state index in [1.807, 2.05) is 13.8 Å². The first-order valence-electron chi connectivity index (χ1n) is 6.96. The summed E-state index contributed by atoms with van der Waals surface area (Å²) in [6.45, 7) is 4.42. The van der Waals surface area contributed by atoms with E-state index in [9.17, 15) is 18.0 Å². The molecule has 0 aromatic heterocycles. The number of carbonyl (C=O) groups is 2. The summed E-state index contributed by atoms with van der Waals surface area (Å²) in [4.78, 5) is 24.2. The van der Waals surface area contributed by atoms with Crippen molar-refractivity contribution >= 4 is 21.7 Å². The van der Waals surface area contributed by atoms with Crippen LogP contribution in [0.1, 0.15) is 33.1 Å². The average molecular weight is 305 g/mol. The van der Waals surface area contributed by atoms with Crippen LogP contribution in [-0.2, 0) is 19.4 Å². The summed E-state index contributed by atoms with van der Waals surface area (Å²) in [7, 11) is -3.38. The standard InChI is InChI=1S/C13H23NO5S/c1-3-10(2)8-20(18,19)9-12(15)14-6-4-11(5-7-14)13(16)17/h10-11H,3-9H2,1-2H3,(H,16,17). The van der Waals surface area contributed by atoms with Gasteiger partial charge in [-0.15, -0.1) is 0 Å². The number of aliphatic carboxylic acids is 1. The first-order chi connectivity index (χ1) is 9.25. The number of amides is 1. The van der Waals surface area contributed by atoms with Crippen molar-refractivity contribution in [1.82, 2.24) is 4.90 Å². The Kier molecular flexibility index (Phi) is 5.98. The molecule has 0 aromatic rings. The van der Waals surface area contributed by atoms with Gasteiger partial charge in [-0.2, -0.15) is 0 Å². The van der Waals surface area contributed by atoms with Gasteiger partial charge in [0.2, 0.25) is 5.91 Å². The van der Waals surface area contributed by atoms with Gasteiger partial charge in [-0.3, -0.25) is 9.59 Å². The van der Waals surface area contributed by atoms with Gasteiger partial charge in [0, 0.05) is 13.1 Å². The molecule has 1 aliphatic rings. The maximum Gasteiger partial charge on any atom is 0.306 e. The topological polar surface area (TPSA) is 91.8 Å². The molecule has 0 aromatic carbocycles. The molecule has 0 aliphatic carbocycles. The van der Waals surface area contributed by atoms with Crippen LogP contribution in [0.2, 0.25) is 0 Å². The number of carbonyl (C=O) groups excluding carboxylic acids is 1. The van der Waals surface area contributed by atoms with Crippen LogP contribution in [0.25, 0.3) is 0 Å². The van der Waals surface area contributed by atoms with Crippen LogP contribution in [0.3, 0.4) is 0 Å². The van der Waals surface area contributed by atoms with E-state index in [1.165, 1.54) is 4.90 Å². The average Bonchev–Trinajstić information content (AvgIpc) is 2.37. The van der Waals surface area contributed by atoms with Crippen molar-refractivity contribution in [3.63, 3.8) is 0 Å². The summed E-state index contributed by atoms with van der Waals surface area (Å²) in [6.07, 6.45) is 1.55. The van der Waals surface area contributed by atoms with Gasteiger partial charge in [-0.25, -0.2) is 8.42 Å². The number of sulfone groups is 1. The lowest BCUT2D eigenvalue weighted by Gasteiger charge is -2.30. The minimum absolute atomic E-state index is 0.0286. The van der Waals surface area contributed by atoms with Crippen molar-refractivity contribution in [3.8, 4) is 0 Å². The molecule has 116 valence electrons. The molecule has 1 amide bonds. The van der Waals surface area contributed by atoms with Crippen LogP contribution in [0.15, 0.2) is 0 Å². The van der Waals surface area contributed by atoms with Crippen molar-refractivity contribution in [1.29, 1.82) is 0 Å². The van der Waals surface area contributed by atoms with Gasteiger partial charge in [-0.05, 0) is 18.8 Å². The van der Waals surface area contributed by atoms with E-state index in [4.69, 9.17) is 5.11 Å². The van der Waals surface area contributed by atoms with Gasteiger partial charge >= 0.3 is 5.97 Å². The molecule has 1 heterocycles. The Morgan fingerprint density at radius 3 is 2.30 bits per heavy atom. The van der Waals surface area contributed by atoms with Crippen molar-refractivity contribution in [2.24, 2.45) is 11.8 Å². The van der Waals surface area contributed by atoms with Crippen LogP contribution in [0.5, 0.6) is 0 Å². The maximum absolute atomic E-state index is 12.0. The monoisotopic (exact) mass is 305 g/mol. The summed E-state index contributed by atoms with van der Waals surface area (Å²) in [6, 6.07) is 0. The third kappa shape index (κ3) is 5.11. The summed E-state index contributed by atoms with van der Waals surface area (Å²) in [5.74, 6) is -2.06. The fourth-order valence-electron chi connectivity index (χ4n) is 2.27. The molecule has 1 fully saturated rings. The van der Waals surface area contributed by atoms with Crippen LogP contribution in [0.4, 0.5) is 0 Å². The highest BCUT2D eigenvalue weighted by Gasteiger charge is 2.29. The molecular formula is C13H23NO5S. The van der Waals surface area contributed by atoms with Gasteiger partial charge in [-0.1, -0.05) is 20.3 Å². The summed E-state index contributed by atoms with van der Waals surface area (Å²) in [5, 5.41) is 8.88. The van der Waals surface area contributed by atoms with E-state index in [-0.39, 0.29) is 11.7 Å². The van der Waals surface area contributed by atoms with E-state index in [0.29, 0.717) is 25.9 Å². The molecule has 0 bridgehead atoms. The molecule has 6 nitrogen and oxygen atoms in total. The molecule has 1 saturated heterocycles. The first-order valence-corrected chi connectivity index (χ1v) is 8.78. The van der Waals surface area contributed by atoms with Crippen molar-refractivity contribution in [3.05, 3.63) is 0 Å². The quantitative estimate of drug-likeness (QED) is 0.782. The molecule has 20 heavy (non-hydrogen) atoms. The van der Waals surface area contributed by atoms with Crippen LogP contribution in [-0.4, -0.2) is 54.9 Å². The second-order valence-corrected chi connectivity index (χ2v) is 7.67. The van der Waals surface area contributed by atoms with Crippen LogP contribution >= 0.6 is 0 Å². The van der Waals surface area contributed by atoms with E-state index in [1.54, 1.807) is 0 Å². The molecule has 1 N–H and O–H groups in total. The highest BCUT2D eigenvalue weighted by atomic mass is 32.2. The number of rotatable bonds is 6. The second-order valence-electron chi connectivity index (χ2n) is 5.56. The normalized spacial score (nSPS) is 18.8. The number of likely N-dealkylation sites (tertiary alicyclic amines) is 1. The highest BCUT2D eigenvalue weighted by molar-refractivity contribution is 7.92. The van der Waals surface area contributed by atoms with E-state index in [2.05, 4.69) is 0 Å². The molecular weight excluding hydrogens is 282 g/mol. The number of hydrogen-bond acceptors (Lipinski definition) is 4. The van der Waals surface area contributed by atoms with Crippen molar-refractivity contribution < 1.29 is 23.1 Å². The van der Waals surface area contributed by atoms with Crippen LogP contribution < -0.4 is 0 Å². The van der Waals surface area contributed by atoms with Crippen molar-refractivity contribution in [2.75, 3.05) is 24.6 Å². The number of hydrogen-bond donors (Lipinski definition) is 1. The lowest BCUT2D eigenvalue weighted by atomic mass is 9.97. The zero-order valence-electron chi connectivity index (χ0n) is 12.0. The number of nitrogens with zero attached hydrogens (tertiary/aromatic N) is 1. The Balaban J connectivity index is 2.50. The van der Waals surface area contributed by atoms with Gasteiger partial charge in [0.1, 0.15) is 5.75 Å².